The highest BCUT2D eigenvalue weighted by atomic mass is 79.9. The van der Waals surface area contributed by atoms with Crippen molar-refractivity contribution in [2.24, 2.45) is 0 Å². The zero-order valence-corrected chi connectivity index (χ0v) is 20.5. The van der Waals surface area contributed by atoms with Crippen molar-refractivity contribution in [1.82, 2.24) is 14.5 Å². The van der Waals surface area contributed by atoms with Gasteiger partial charge in [0.05, 0.1) is 22.6 Å². The zero-order chi connectivity index (χ0) is 23.5. The third-order valence-electron chi connectivity index (χ3n) is 5.82. The minimum absolute atomic E-state index is 0.0874. The lowest BCUT2D eigenvalue weighted by atomic mass is 10.1. The van der Waals surface area contributed by atoms with Gasteiger partial charge in [-0.1, -0.05) is 53.2 Å². The van der Waals surface area contributed by atoms with Crippen molar-refractivity contribution in [2.45, 2.75) is 33.2 Å². The molecule has 0 saturated carbocycles. The summed E-state index contributed by atoms with van der Waals surface area (Å²) < 4.78 is 2.58. The van der Waals surface area contributed by atoms with Gasteiger partial charge in [-0.15, -0.1) is 0 Å². The van der Waals surface area contributed by atoms with Crippen LogP contribution in [0.1, 0.15) is 48.1 Å². The molecule has 0 saturated heterocycles. The van der Waals surface area contributed by atoms with E-state index in [2.05, 4.69) is 15.9 Å². The maximum absolute atomic E-state index is 13.7. The fraction of sp³-hybridized carbons (Fsp3) is 0.222. The van der Waals surface area contributed by atoms with Crippen molar-refractivity contribution in [3.05, 3.63) is 105 Å². The molecule has 0 aliphatic rings. The summed E-state index contributed by atoms with van der Waals surface area (Å²) in [7, 11) is 0. The van der Waals surface area contributed by atoms with Crippen LogP contribution in [0.3, 0.4) is 0 Å². The number of carbonyl (C=O) groups is 1. The largest absolute Gasteiger partial charge is 0.329 e. The van der Waals surface area contributed by atoms with E-state index in [1.165, 1.54) is 0 Å². The predicted octanol–water partition coefficient (Wildman–Crippen LogP) is 6.07. The number of carbonyl (C=O) groups excluding carboxylic acids is 1. The first-order valence-corrected chi connectivity index (χ1v) is 11.9. The van der Waals surface area contributed by atoms with E-state index >= 15 is 0 Å². The molecule has 0 spiro atoms. The Morgan fingerprint density at radius 3 is 2.39 bits per heavy atom. The lowest BCUT2D eigenvalue weighted by molar-refractivity contribution is 0.0681. The molecule has 33 heavy (non-hydrogen) atoms. The van der Waals surface area contributed by atoms with Crippen molar-refractivity contribution in [1.29, 1.82) is 0 Å². The smallest absolute Gasteiger partial charge is 0.266 e. The number of para-hydroxylation sites is 2. The predicted molar refractivity (Wildman–Crippen MR) is 136 cm³/mol. The number of rotatable bonds is 6. The van der Waals surface area contributed by atoms with Gasteiger partial charge >= 0.3 is 0 Å². The highest BCUT2D eigenvalue weighted by Gasteiger charge is 2.27. The number of nitrogens with zero attached hydrogens (tertiary/aromatic N) is 3. The second-order valence-corrected chi connectivity index (χ2v) is 9.01. The topological polar surface area (TPSA) is 55.2 Å². The normalized spacial score (nSPS) is 12.0. The standard InChI is InChI=1S/C27H26BrN3O2/c1-4-17-30(26(32)20-13-15-21(28)16-14-20)19(3)25-29-23-11-7-6-10-22(23)27(33)31(25)24-12-8-5-9-18(24)2/h5-16,19H,4,17H2,1-3H3. The molecule has 0 fully saturated rings. The summed E-state index contributed by atoms with van der Waals surface area (Å²) >= 11 is 3.43. The molecule has 0 N–H and O–H groups in total. The summed E-state index contributed by atoms with van der Waals surface area (Å²) in [6.07, 6.45) is 0.786. The molecule has 4 aromatic rings. The lowest BCUT2D eigenvalue weighted by Crippen LogP contribution is -2.38. The Morgan fingerprint density at radius 2 is 1.70 bits per heavy atom. The minimum Gasteiger partial charge on any atom is -0.329 e. The Balaban J connectivity index is 1.92. The average molecular weight is 504 g/mol. The maximum Gasteiger partial charge on any atom is 0.266 e. The van der Waals surface area contributed by atoms with Crippen LogP contribution in [-0.4, -0.2) is 26.9 Å². The second-order valence-electron chi connectivity index (χ2n) is 8.10. The van der Waals surface area contributed by atoms with Gasteiger partial charge in [-0.3, -0.25) is 14.2 Å². The van der Waals surface area contributed by atoms with E-state index in [9.17, 15) is 9.59 Å². The third-order valence-corrected chi connectivity index (χ3v) is 6.34. The van der Waals surface area contributed by atoms with Gasteiger partial charge in [0.2, 0.25) is 0 Å². The Morgan fingerprint density at radius 1 is 1.03 bits per heavy atom. The summed E-state index contributed by atoms with van der Waals surface area (Å²) in [5.74, 6) is 0.461. The maximum atomic E-state index is 13.7. The molecule has 1 amide bonds. The van der Waals surface area contributed by atoms with Crippen LogP contribution in [0.4, 0.5) is 0 Å². The SMILES string of the molecule is CCCN(C(=O)c1ccc(Br)cc1)C(C)c1nc2ccccc2c(=O)n1-c1ccccc1C. The number of aryl methyl sites for hydroxylation is 1. The molecule has 0 radical (unpaired) electrons. The van der Waals surface area contributed by atoms with E-state index in [0.717, 1.165) is 22.1 Å². The van der Waals surface area contributed by atoms with Crippen LogP contribution in [0.15, 0.2) is 82.1 Å². The van der Waals surface area contributed by atoms with Gasteiger partial charge < -0.3 is 4.90 Å². The Hall–Kier alpha value is -3.25. The average Bonchev–Trinajstić information content (AvgIpc) is 2.83. The summed E-state index contributed by atoms with van der Waals surface area (Å²) in [6, 6.07) is 22.0. The van der Waals surface area contributed by atoms with Gasteiger partial charge in [0.25, 0.3) is 11.5 Å². The van der Waals surface area contributed by atoms with Crippen LogP contribution in [0.25, 0.3) is 16.6 Å². The van der Waals surface area contributed by atoms with Gasteiger partial charge in [0.15, 0.2) is 0 Å². The first kappa shape index (κ1) is 22.9. The molecule has 0 aliphatic carbocycles. The van der Waals surface area contributed by atoms with E-state index in [0.29, 0.717) is 28.8 Å². The van der Waals surface area contributed by atoms with E-state index in [1.807, 2.05) is 87.5 Å². The second kappa shape index (κ2) is 9.71. The molecule has 1 heterocycles. The first-order valence-electron chi connectivity index (χ1n) is 11.1. The molecule has 0 aliphatic heterocycles. The van der Waals surface area contributed by atoms with Crippen LogP contribution in [-0.2, 0) is 0 Å². The van der Waals surface area contributed by atoms with Gasteiger partial charge in [0, 0.05) is 16.6 Å². The molecule has 3 aromatic carbocycles. The summed E-state index contributed by atoms with van der Waals surface area (Å²) in [6.45, 7) is 6.50. The number of benzene rings is 3. The highest BCUT2D eigenvalue weighted by molar-refractivity contribution is 9.10. The molecule has 1 unspecified atom stereocenters. The van der Waals surface area contributed by atoms with E-state index in [-0.39, 0.29) is 11.5 Å². The summed E-state index contributed by atoms with van der Waals surface area (Å²) in [5, 5.41) is 0.554. The Kier molecular flexibility index (Phi) is 6.75. The highest BCUT2D eigenvalue weighted by Crippen LogP contribution is 2.26. The molecule has 168 valence electrons. The fourth-order valence-electron chi connectivity index (χ4n) is 4.09. The van der Waals surface area contributed by atoms with E-state index < -0.39 is 6.04 Å². The number of aromatic nitrogens is 2. The molecule has 5 nitrogen and oxygen atoms in total. The first-order chi connectivity index (χ1) is 15.9. The molecular weight excluding hydrogens is 478 g/mol. The number of halogens is 1. The quantitative estimate of drug-likeness (QED) is 0.320. The van der Waals surface area contributed by atoms with Crippen LogP contribution < -0.4 is 5.56 Å². The van der Waals surface area contributed by atoms with Gasteiger partial charge in [0.1, 0.15) is 5.82 Å². The van der Waals surface area contributed by atoms with Crippen LogP contribution in [0, 0.1) is 6.92 Å². The van der Waals surface area contributed by atoms with Crippen LogP contribution in [0.5, 0.6) is 0 Å². The summed E-state index contributed by atoms with van der Waals surface area (Å²) in [4.78, 5) is 33.9. The molecule has 1 aromatic heterocycles. The minimum atomic E-state index is -0.419. The number of hydrogen-bond donors (Lipinski definition) is 0. The number of hydrogen-bond acceptors (Lipinski definition) is 3. The summed E-state index contributed by atoms with van der Waals surface area (Å²) in [5.41, 5.74) is 2.83. The molecule has 4 rings (SSSR count). The van der Waals surface area contributed by atoms with Crippen molar-refractivity contribution < 1.29 is 4.79 Å². The number of fused-ring (bicyclic) bond motifs is 1. The Bertz CT molecular complexity index is 1360. The van der Waals surface area contributed by atoms with Crippen LogP contribution >= 0.6 is 15.9 Å². The fourth-order valence-corrected chi connectivity index (χ4v) is 4.35. The van der Waals surface area contributed by atoms with Gasteiger partial charge in [-0.2, -0.15) is 0 Å². The van der Waals surface area contributed by atoms with Gasteiger partial charge in [-0.25, -0.2) is 4.98 Å². The van der Waals surface area contributed by atoms with Crippen molar-refractivity contribution in [2.75, 3.05) is 6.54 Å². The molecule has 0 bridgehead atoms. The molecule has 6 heteroatoms. The van der Waals surface area contributed by atoms with Crippen molar-refractivity contribution in [3.63, 3.8) is 0 Å². The van der Waals surface area contributed by atoms with E-state index in [1.54, 1.807) is 15.5 Å². The van der Waals surface area contributed by atoms with Crippen molar-refractivity contribution in [3.8, 4) is 5.69 Å². The zero-order valence-electron chi connectivity index (χ0n) is 19.0. The monoisotopic (exact) mass is 503 g/mol. The molecule has 1 atom stereocenters. The number of amides is 1. The van der Waals surface area contributed by atoms with E-state index in [4.69, 9.17) is 4.98 Å². The van der Waals surface area contributed by atoms with Crippen LogP contribution in [0.2, 0.25) is 0 Å². The molecular formula is C27H26BrN3O2. The van der Waals surface area contributed by atoms with Crippen molar-refractivity contribution >= 4 is 32.7 Å². The Labute approximate surface area is 201 Å². The van der Waals surface area contributed by atoms with Gasteiger partial charge in [-0.05, 0) is 68.3 Å². The third kappa shape index (κ3) is 4.48. The lowest BCUT2D eigenvalue weighted by Gasteiger charge is -2.30.